The van der Waals surface area contributed by atoms with Crippen LogP contribution in [0.1, 0.15) is 27.8 Å². The first kappa shape index (κ1) is 50.7. The van der Waals surface area contributed by atoms with Crippen LogP contribution < -0.4 is 0 Å². The first-order chi connectivity index (χ1) is 40.4. The molecule has 0 N–H and O–H groups in total. The highest BCUT2D eigenvalue weighted by Gasteiger charge is 2.35. The quantitative estimate of drug-likeness (QED) is 0.142. The standard InChI is InChI=1S/C73H40F3N7/c1-44-5-4-6-65(73(74,75)76)72(44)56-20-30-60(71(40-56)83-68-33-23-54(50-16-25-57(80-2)26-17-50)38-63(68)64-39-55(24-34-69(64)83)51-18-27-58(81-3)28-19-51)59-29-11-47(43-79)35-70(59)82-66-31-21-52(48-12-7-45(41-77)8-13-48)36-61(66)62-37-53(22-32-67(62)82)49-14-9-46(42-78)10-15-49/h4-40H,1H3. The summed E-state index contributed by atoms with van der Waals surface area (Å²) in [6.45, 7) is 16.9. The van der Waals surface area contributed by atoms with E-state index in [0.717, 1.165) is 94.2 Å². The third-order valence-electron chi connectivity index (χ3n) is 15.6. The predicted molar refractivity (Wildman–Crippen MR) is 324 cm³/mol. The Balaban J connectivity index is 1.12. The molecule has 0 spiro atoms. The van der Waals surface area contributed by atoms with Crippen LogP contribution in [0.2, 0.25) is 0 Å². The van der Waals surface area contributed by atoms with Gasteiger partial charge in [-0.2, -0.15) is 29.0 Å². The van der Waals surface area contributed by atoms with Crippen LogP contribution in [0.4, 0.5) is 24.5 Å². The minimum absolute atomic E-state index is 0.0578. The number of alkyl halides is 3. The van der Waals surface area contributed by atoms with Crippen molar-refractivity contribution in [1.29, 1.82) is 15.8 Å². The highest BCUT2D eigenvalue weighted by molar-refractivity contribution is 6.14. The number of aromatic nitrogens is 2. The molecule has 2 aromatic heterocycles. The first-order valence-corrected chi connectivity index (χ1v) is 26.4. The van der Waals surface area contributed by atoms with Crippen LogP contribution in [-0.2, 0) is 6.18 Å². The van der Waals surface area contributed by atoms with Gasteiger partial charge in [-0.1, -0.05) is 127 Å². The van der Waals surface area contributed by atoms with E-state index in [1.807, 2.05) is 109 Å². The Kier molecular flexibility index (Phi) is 12.3. The molecule has 0 saturated heterocycles. The van der Waals surface area contributed by atoms with Crippen molar-refractivity contribution in [3.05, 3.63) is 275 Å². The van der Waals surface area contributed by atoms with Crippen LogP contribution >= 0.6 is 0 Å². The summed E-state index contributed by atoms with van der Waals surface area (Å²) in [6, 6.07) is 76.5. The third kappa shape index (κ3) is 8.86. The normalized spacial score (nSPS) is 11.3. The van der Waals surface area contributed by atoms with Gasteiger partial charge in [0.2, 0.25) is 0 Å². The highest BCUT2D eigenvalue weighted by atomic mass is 19.4. The maximum absolute atomic E-state index is 15.2. The van der Waals surface area contributed by atoms with Gasteiger partial charge in [0.15, 0.2) is 11.4 Å². The molecule has 13 rings (SSSR count). The van der Waals surface area contributed by atoms with E-state index in [-0.39, 0.29) is 5.56 Å². The van der Waals surface area contributed by atoms with Gasteiger partial charge in [0, 0.05) is 32.7 Å². The van der Waals surface area contributed by atoms with Gasteiger partial charge >= 0.3 is 6.18 Å². The van der Waals surface area contributed by atoms with Crippen molar-refractivity contribution in [2.24, 2.45) is 0 Å². The maximum atomic E-state index is 15.2. The van der Waals surface area contributed by atoms with E-state index in [1.54, 1.807) is 73.7 Å². The van der Waals surface area contributed by atoms with Crippen LogP contribution in [0.25, 0.3) is 131 Å². The lowest BCUT2D eigenvalue weighted by Crippen LogP contribution is -2.08. The smallest absolute Gasteiger partial charge is 0.309 e. The maximum Gasteiger partial charge on any atom is 0.417 e. The summed E-state index contributed by atoms with van der Waals surface area (Å²) in [6.07, 6.45) is -4.67. The monoisotopic (exact) mass is 1070 g/mol. The summed E-state index contributed by atoms with van der Waals surface area (Å²) in [5.41, 5.74) is 15.7. The topological polar surface area (TPSA) is 89.9 Å². The summed E-state index contributed by atoms with van der Waals surface area (Å²) in [7, 11) is 0. The van der Waals surface area contributed by atoms with Crippen LogP contribution in [0.3, 0.4) is 0 Å². The number of halogens is 3. The van der Waals surface area contributed by atoms with Crippen molar-refractivity contribution >= 4 is 55.0 Å². The molecule has 10 heteroatoms. The minimum atomic E-state index is -4.67. The molecule has 0 fully saturated rings. The SMILES string of the molecule is [C-]#[N+]c1ccc(-c2ccc3c(c2)c2cc(-c4ccc([N+]#[C-])cc4)ccc2n3-c2cc(-c3c(C)cccc3C(F)(F)F)ccc2-c2ccc(C#N)cc2-n2c3ccc(-c4ccc(C#N)cc4)cc3c3cc(-c4ccc(C#N)cc4)ccc32)cc1. The van der Waals surface area contributed by atoms with E-state index in [1.165, 1.54) is 6.07 Å². The lowest BCUT2D eigenvalue weighted by atomic mass is 9.91. The van der Waals surface area contributed by atoms with Crippen molar-refractivity contribution in [3.63, 3.8) is 0 Å². The van der Waals surface area contributed by atoms with Gasteiger partial charge in [-0.05, 0) is 165 Å². The van der Waals surface area contributed by atoms with E-state index < -0.39 is 11.7 Å². The summed E-state index contributed by atoms with van der Waals surface area (Å²) < 4.78 is 50.0. The lowest BCUT2D eigenvalue weighted by molar-refractivity contribution is -0.137. The number of nitrogens with zero attached hydrogens (tertiary/aromatic N) is 7. The molecule has 0 amide bonds. The fourth-order valence-corrected chi connectivity index (χ4v) is 11.6. The van der Waals surface area contributed by atoms with E-state index >= 15 is 13.2 Å². The molecule has 0 unspecified atom stereocenters. The Morgan fingerprint density at radius 1 is 0.373 bits per heavy atom. The number of hydrogen-bond donors (Lipinski definition) is 0. The summed E-state index contributed by atoms with van der Waals surface area (Å²) in [5, 5.41) is 33.5. The molecule has 13 aromatic rings. The van der Waals surface area contributed by atoms with Gasteiger partial charge in [0.05, 0.1) is 87.0 Å². The van der Waals surface area contributed by atoms with Crippen molar-refractivity contribution in [2.45, 2.75) is 13.1 Å². The number of nitriles is 3. The Labute approximate surface area is 475 Å². The molecular weight excluding hydrogens is 1030 g/mol. The second-order valence-electron chi connectivity index (χ2n) is 20.4. The fraction of sp³-hybridized carbons (Fsp3) is 0.0274. The van der Waals surface area contributed by atoms with Gasteiger partial charge in [0.1, 0.15) is 0 Å². The van der Waals surface area contributed by atoms with Gasteiger partial charge in [-0.3, -0.25) is 0 Å². The Morgan fingerprint density at radius 2 is 0.711 bits per heavy atom. The molecule has 7 nitrogen and oxygen atoms in total. The van der Waals surface area contributed by atoms with Crippen LogP contribution in [0.5, 0.6) is 0 Å². The average Bonchev–Trinajstić information content (AvgIpc) is 3.29. The summed E-state index contributed by atoms with van der Waals surface area (Å²) >= 11 is 0. The van der Waals surface area contributed by atoms with E-state index in [0.29, 0.717) is 61.7 Å². The van der Waals surface area contributed by atoms with Crippen molar-refractivity contribution in [1.82, 2.24) is 9.13 Å². The molecule has 0 saturated carbocycles. The van der Waals surface area contributed by atoms with Crippen LogP contribution in [-0.4, -0.2) is 9.13 Å². The number of aryl methyl sites for hydroxylation is 1. The molecular formula is C73H40F3N7. The van der Waals surface area contributed by atoms with E-state index in [9.17, 15) is 15.8 Å². The minimum Gasteiger partial charge on any atom is -0.309 e. The zero-order valence-corrected chi connectivity index (χ0v) is 44.1. The number of benzene rings is 11. The molecule has 11 aromatic carbocycles. The molecule has 0 bridgehead atoms. The number of rotatable bonds is 8. The van der Waals surface area contributed by atoms with Crippen molar-refractivity contribution in [2.75, 3.05) is 0 Å². The summed E-state index contributed by atoms with van der Waals surface area (Å²) in [4.78, 5) is 7.21. The largest absolute Gasteiger partial charge is 0.417 e. The third-order valence-corrected chi connectivity index (χ3v) is 15.6. The number of fused-ring (bicyclic) bond motifs is 6. The van der Waals surface area contributed by atoms with Gasteiger partial charge in [-0.15, -0.1) is 0 Å². The fourth-order valence-electron chi connectivity index (χ4n) is 11.6. The predicted octanol–water partition coefficient (Wildman–Crippen LogP) is 19.9. The summed E-state index contributed by atoms with van der Waals surface area (Å²) in [5.74, 6) is 0. The molecule has 83 heavy (non-hydrogen) atoms. The van der Waals surface area contributed by atoms with Crippen LogP contribution in [0.15, 0.2) is 224 Å². The average molecular weight is 1070 g/mol. The molecule has 0 radical (unpaired) electrons. The molecule has 0 aliphatic carbocycles. The second-order valence-corrected chi connectivity index (χ2v) is 20.4. The van der Waals surface area contributed by atoms with Crippen LogP contribution in [0, 0.1) is 54.1 Å². The van der Waals surface area contributed by atoms with E-state index in [4.69, 9.17) is 13.1 Å². The zero-order chi connectivity index (χ0) is 57.1. The number of hydrogen-bond acceptors (Lipinski definition) is 3. The van der Waals surface area contributed by atoms with Gasteiger partial charge in [0.25, 0.3) is 0 Å². The van der Waals surface area contributed by atoms with Gasteiger partial charge < -0.3 is 9.13 Å². The lowest BCUT2D eigenvalue weighted by Gasteiger charge is -2.21. The zero-order valence-electron chi connectivity index (χ0n) is 44.1. The van der Waals surface area contributed by atoms with E-state index in [2.05, 4.69) is 73.4 Å². The van der Waals surface area contributed by atoms with Crippen molar-refractivity contribution in [3.8, 4) is 96.3 Å². The van der Waals surface area contributed by atoms with Crippen molar-refractivity contribution < 1.29 is 13.2 Å². The first-order valence-electron chi connectivity index (χ1n) is 26.4. The Morgan fingerprint density at radius 3 is 1.08 bits per heavy atom. The molecule has 0 aliphatic heterocycles. The highest BCUT2D eigenvalue weighted by Crippen LogP contribution is 2.47. The van der Waals surface area contributed by atoms with Gasteiger partial charge in [-0.25, -0.2) is 9.69 Å². The molecule has 2 heterocycles. The molecule has 0 aliphatic rings. The molecule has 0 atom stereocenters. The second kappa shape index (κ2) is 20.2. The Hall–Kier alpha value is -11.7. The molecule has 388 valence electrons. The Bertz CT molecular complexity index is 4820.